The third-order valence-corrected chi connectivity index (χ3v) is 7.01. The third-order valence-electron chi connectivity index (χ3n) is 7.01. The number of carbonyl (C=O) groups excluding carboxylic acids is 2. The van der Waals surface area contributed by atoms with E-state index in [0.717, 1.165) is 31.2 Å². The number of urea groups is 1. The lowest BCUT2D eigenvalue weighted by Crippen LogP contribution is -2.47. The minimum atomic E-state index is -0.563. The molecule has 4 N–H and O–H groups in total. The van der Waals surface area contributed by atoms with Gasteiger partial charge in [0.05, 0.1) is 24.8 Å². The van der Waals surface area contributed by atoms with Crippen molar-refractivity contribution in [1.82, 2.24) is 5.32 Å². The van der Waals surface area contributed by atoms with Crippen LogP contribution >= 0.6 is 0 Å². The fourth-order valence-electron chi connectivity index (χ4n) is 5.38. The van der Waals surface area contributed by atoms with Crippen molar-refractivity contribution in [2.75, 3.05) is 17.2 Å². The summed E-state index contributed by atoms with van der Waals surface area (Å²) in [4.78, 5) is 25.0. The fraction of sp³-hybridized carbons (Fsp3) is 0.462. The maximum Gasteiger partial charge on any atom is 0.323 e. The van der Waals surface area contributed by atoms with Crippen molar-refractivity contribution < 1.29 is 28.6 Å². The van der Waals surface area contributed by atoms with Crippen molar-refractivity contribution in [2.24, 2.45) is 0 Å². The molecular formula is C26H30FN3O5. The summed E-state index contributed by atoms with van der Waals surface area (Å²) >= 11 is 0. The molecule has 186 valence electrons. The number of amides is 3. The van der Waals surface area contributed by atoms with Gasteiger partial charge in [-0.1, -0.05) is 25.0 Å². The Morgan fingerprint density at radius 1 is 1.09 bits per heavy atom. The number of halogens is 1. The highest BCUT2D eigenvalue weighted by atomic mass is 19.1. The molecule has 0 bridgehead atoms. The number of nitrogens with one attached hydrogen (secondary N) is 3. The maximum absolute atomic E-state index is 13.8. The van der Waals surface area contributed by atoms with E-state index >= 15 is 0 Å². The van der Waals surface area contributed by atoms with E-state index in [9.17, 15) is 19.1 Å². The number of hydrogen-bond donors (Lipinski definition) is 4. The van der Waals surface area contributed by atoms with E-state index in [1.165, 1.54) is 12.1 Å². The van der Waals surface area contributed by atoms with Gasteiger partial charge in [-0.2, -0.15) is 0 Å². The summed E-state index contributed by atoms with van der Waals surface area (Å²) in [5.74, 6) is 0.0271. The van der Waals surface area contributed by atoms with Crippen molar-refractivity contribution in [3.8, 4) is 5.75 Å². The number of para-hydroxylation sites is 1. The molecule has 5 rings (SSSR count). The average Bonchev–Trinajstić information content (AvgIpc) is 3.47. The van der Waals surface area contributed by atoms with Gasteiger partial charge in [0.25, 0.3) is 0 Å². The molecule has 0 unspecified atom stereocenters. The molecule has 2 aromatic rings. The standard InChI is InChI=1S/C26H30FN3O5/c27-20-7-3-4-8-21(20)30-26(33)29-16-9-10-22-18(11-16)19-12-17(34-23(14-31)25(19)35-22)13-24(32)28-15-5-1-2-6-15/h3-4,7-11,15,17,19,23,25,31H,1-2,5-6,12-14H2,(H,28,32)(H2,29,30,33)/t17-,19-,23+,25+/m0/s1. The minimum absolute atomic E-state index is 0.0311. The summed E-state index contributed by atoms with van der Waals surface area (Å²) in [5.41, 5.74) is 1.51. The molecular weight excluding hydrogens is 453 g/mol. The highest BCUT2D eigenvalue weighted by Crippen LogP contribution is 2.47. The second kappa shape index (κ2) is 10.2. The van der Waals surface area contributed by atoms with E-state index in [0.29, 0.717) is 17.9 Å². The molecule has 35 heavy (non-hydrogen) atoms. The SMILES string of the molecule is O=C(C[C@@H]1C[C@H]2c3cc(NC(=O)Nc4ccccc4F)ccc3O[C@H]2[C@@H](CO)O1)NC1CCCC1. The first-order valence-electron chi connectivity index (χ1n) is 12.2. The van der Waals surface area contributed by atoms with Gasteiger partial charge >= 0.3 is 6.03 Å². The Labute approximate surface area is 203 Å². The molecule has 2 fully saturated rings. The highest BCUT2D eigenvalue weighted by Gasteiger charge is 2.46. The molecule has 9 heteroatoms. The van der Waals surface area contributed by atoms with E-state index in [1.54, 1.807) is 24.3 Å². The van der Waals surface area contributed by atoms with Gasteiger partial charge in [0.2, 0.25) is 5.91 Å². The van der Waals surface area contributed by atoms with Gasteiger partial charge < -0.3 is 30.5 Å². The molecule has 8 nitrogen and oxygen atoms in total. The Morgan fingerprint density at radius 2 is 1.89 bits per heavy atom. The van der Waals surface area contributed by atoms with Crippen molar-refractivity contribution in [2.45, 2.75) is 68.8 Å². The molecule has 2 aromatic carbocycles. The van der Waals surface area contributed by atoms with Crippen molar-refractivity contribution >= 4 is 23.3 Å². The van der Waals surface area contributed by atoms with Gasteiger partial charge in [-0.05, 0) is 49.6 Å². The van der Waals surface area contributed by atoms with Crippen LogP contribution in [0, 0.1) is 5.82 Å². The van der Waals surface area contributed by atoms with Crippen LogP contribution in [-0.2, 0) is 9.53 Å². The van der Waals surface area contributed by atoms with Gasteiger partial charge in [-0.3, -0.25) is 4.79 Å². The molecule has 1 saturated carbocycles. The van der Waals surface area contributed by atoms with E-state index in [2.05, 4.69) is 16.0 Å². The van der Waals surface area contributed by atoms with Crippen LogP contribution < -0.4 is 20.7 Å². The molecule has 3 aliphatic rings. The number of ether oxygens (including phenoxy) is 2. The number of hydrogen-bond acceptors (Lipinski definition) is 5. The quantitative estimate of drug-likeness (QED) is 0.498. The zero-order valence-corrected chi connectivity index (χ0v) is 19.3. The van der Waals surface area contributed by atoms with E-state index in [1.807, 2.05) is 6.07 Å². The number of aliphatic hydroxyl groups excluding tert-OH is 1. The molecule has 1 aliphatic carbocycles. The molecule has 4 atom stereocenters. The largest absolute Gasteiger partial charge is 0.487 e. The monoisotopic (exact) mass is 483 g/mol. The summed E-state index contributed by atoms with van der Waals surface area (Å²) < 4.78 is 26.0. The highest BCUT2D eigenvalue weighted by molar-refractivity contribution is 5.99. The van der Waals surface area contributed by atoms with E-state index in [-0.39, 0.29) is 48.8 Å². The third kappa shape index (κ3) is 5.26. The van der Waals surface area contributed by atoms with Crippen molar-refractivity contribution in [3.63, 3.8) is 0 Å². The van der Waals surface area contributed by atoms with Gasteiger partial charge in [-0.15, -0.1) is 0 Å². The van der Waals surface area contributed by atoms with Gasteiger partial charge in [-0.25, -0.2) is 9.18 Å². The molecule has 0 aromatic heterocycles. The predicted molar refractivity (Wildman–Crippen MR) is 128 cm³/mol. The maximum atomic E-state index is 13.8. The van der Waals surface area contributed by atoms with Gasteiger partial charge in [0.15, 0.2) is 0 Å². The van der Waals surface area contributed by atoms with Crippen LogP contribution in [0.3, 0.4) is 0 Å². The number of carbonyl (C=O) groups is 2. The zero-order chi connectivity index (χ0) is 24.4. The first kappa shape index (κ1) is 23.6. The predicted octanol–water partition coefficient (Wildman–Crippen LogP) is 3.91. The number of fused-ring (bicyclic) bond motifs is 3. The van der Waals surface area contributed by atoms with Gasteiger partial charge in [0, 0.05) is 23.2 Å². The lowest BCUT2D eigenvalue weighted by atomic mass is 9.84. The first-order chi connectivity index (χ1) is 17.0. The molecule has 3 amide bonds. The summed E-state index contributed by atoms with van der Waals surface area (Å²) in [6.07, 6.45) is 3.86. The first-order valence-corrected chi connectivity index (χ1v) is 12.2. The van der Waals surface area contributed by atoms with Crippen LogP contribution in [0.2, 0.25) is 0 Å². The van der Waals surface area contributed by atoms with Crippen LogP contribution in [0.1, 0.15) is 50.0 Å². The minimum Gasteiger partial charge on any atom is -0.487 e. The molecule has 2 aliphatic heterocycles. The van der Waals surface area contributed by atoms with Crippen molar-refractivity contribution in [1.29, 1.82) is 0 Å². The molecule has 2 heterocycles. The summed E-state index contributed by atoms with van der Waals surface area (Å²) in [5, 5.41) is 18.3. The Balaban J connectivity index is 1.26. The second-order valence-electron chi connectivity index (χ2n) is 9.47. The Kier molecular flexibility index (Phi) is 6.88. The lowest BCUT2D eigenvalue weighted by Gasteiger charge is -2.37. The Bertz CT molecular complexity index is 1090. The summed E-state index contributed by atoms with van der Waals surface area (Å²) in [6, 6.07) is 10.9. The topological polar surface area (TPSA) is 109 Å². The van der Waals surface area contributed by atoms with Gasteiger partial charge in [0.1, 0.15) is 23.8 Å². The number of benzene rings is 2. The van der Waals surface area contributed by atoms with Crippen LogP contribution in [0.25, 0.3) is 0 Å². The van der Waals surface area contributed by atoms with E-state index in [4.69, 9.17) is 9.47 Å². The normalized spacial score (nSPS) is 25.3. The second-order valence-corrected chi connectivity index (χ2v) is 9.47. The van der Waals surface area contributed by atoms with Crippen molar-refractivity contribution in [3.05, 3.63) is 53.8 Å². The average molecular weight is 484 g/mol. The Morgan fingerprint density at radius 3 is 2.66 bits per heavy atom. The molecule has 0 radical (unpaired) electrons. The fourth-order valence-corrected chi connectivity index (χ4v) is 5.38. The number of anilines is 2. The van der Waals surface area contributed by atoms with Crippen LogP contribution in [-0.4, -0.2) is 48.0 Å². The van der Waals surface area contributed by atoms with Crippen LogP contribution in [0.5, 0.6) is 5.75 Å². The Hall–Kier alpha value is -3.17. The summed E-state index contributed by atoms with van der Waals surface area (Å²) in [7, 11) is 0. The summed E-state index contributed by atoms with van der Waals surface area (Å²) in [6.45, 7) is -0.216. The zero-order valence-electron chi connectivity index (χ0n) is 19.3. The van der Waals surface area contributed by atoms with Crippen LogP contribution in [0.4, 0.5) is 20.6 Å². The van der Waals surface area contributed by atoms with Crippen LogP contribution in [0.15, 0.2) is 42.5 Å². The number of rotatable bonds is 6. The number of aliphatic hydroxyl groups is 1. The van der Waals surface area contributed by atoms with E-state index < -0.39 is 18.0 Å². The molecule has 1 saturated heterocycles. The smallest absolute Gasteiger partial charge is 0.323 e. The lowest BCUT2D eigenvalue weighted by molar-refractivity contribution is -0.142. The molecule has 0 spiro atoms.